The van der Waals surface area contributed by atoms with Gasteiger partial charge in [0.15, 0.2) is 11.5 Å². The second-order valence-electron chi connectivity index (χ2n) is 5.03. The van der Waals surface area contributed by atoms with Crippen molar-refractivity contribution < 1.29 is 14.2 Å². The van der Waals surface area contributed by atoms with Crippen LogP contribution in [-0.4, -0.2) is 25.9 Å². The summed E-state index contributed by atoms with van der Waals surface area (Å²) in [4.78, 5) is 0. The molecule has 0 heterocycles. The maximum absolute atomic E-state index is 5.87. The Hall–Kier alpha value is -0.450. The van der Waals surface area contributed by atoms with Crippen LogP contribution in [0, 0.1) is 0 Å². The van der Waals surface area contributed by atoms with E-state index in [1.165, 1.54) is 0 Å². The van der Waals surface area contributed by atoms with Gasteiger partial charge in [-0.25, -0.2) is 0 Å². The molecule has 0 aromatic heterocycles. The number of alkyl halides is 1. The molecule has 0 atom stereocenters. The number of halogens is 2. The Labute approximate surface area is 134 Å². The smallest absolute Gasteiger partial charge is 0.175 e. The zero-order valence-corrected chi connectivity index (χ0v) is 14.8. The van der Waals surface area contributed by atoms with Crippen molar-refractivity contribution in [3.05, 3.63) is 22.2 Å². The van der Waals surface area contributed by atoms with Crippen LogP contribution in [0.4, 0.5) is 0 Å². The van der Waals surface area contributed by atoms with Gasteiger partial charge in [0.2, 0.25) is 0 Å². The molecule has 1 aromatic carbocycles. The number of methoxy groups -OCH3 is 1. The quantitative estimate of drug-likeness (QED) is 0.620. The van der Waals surface area contributed by atoms with Crippen LogP contribution < -0.4 is 9.47 Å². The Morgan fingerprint density at radius 1 is 1.25 bits per heavy atom. The van der Waals surface area contributed by atoms with Crippen LogP contribution >= 0.6 is 27.5 Å². The van der Waals surface area contributed by atoms with E-state index in [0.29, 0.717) is 30.6 Å². The van der Waals surface area contributed by atoms with Gasteiger partial charge in [0, 0.05) is 19.4 Å². The first-order valence-electron chi connectivity index (χ1n) is 6.62. The molecule has 0 aliphatic carbocycles. The second kappa shape index (κ2) is 8.11. The molecule has 0 N–H and O–H groups in total. The van der Waals surface area contributed by atoms with E-state index >= 15 is 0 Å². The van der Waals surface area contributed by atoms with Crippen molar-refractivity contribution in [1.29, 1.82) is 0 Å². The Bertz CT molecular complexity index is 435. The van der Waals surface area contributed by atoms with Gasteiger partial charge in [-0.15, -0.1) is 11.6 Å². The van der Waals surface area contributed by atoms with Crippen molar-refractivity contribution in [2.24, 2.45) is 0 Å². The Kier molecular flexibility index (Phi) is 7.13. The van der Waals surface area contributed by atoms with Crippen molar-refractivity contribution in [1.82, 2.24) is 0 Å². The van der Waals surface area contributed by atoms with E-state index in [0.717, 1.165) is 16.5 Å². The first-order valence-corrected chi connectivity index (χ1v) is 7.95. The van der Waals surface area contributed by atoms with Crippen molar-refractivity contribution >= 4 is 27.5 Å². The van der Waals surface area contributed by atoms with Gasteiger partial charge < -0.3 is 14.2 Å². The van der Waals surface area contributed by atoms with E-state index in [1.807, 2.05) is 32.9 Å². The average molecular weight is 366 g/mol. The maximum atomic E-state index is 5.87. The highest BCUT2D eigenvalue weighted by molar-refractivity contribution is 9.10. The fraction of sp³-hybridized carbons (Fsp3) is 0.600. The molecule has 0 bridgehead atoms. The molecule has 0 saturated carbocycles. The number of ether oxygens (including phenoxy) is 3. The highest BCUT2D eigenvalue weighted by Crippen LogP contribution is 2.37. The summed E-state index contributed by atoms with van der Waals surface area (Å²) in [5, 5.41) is 0. The minimum absolute atomic E-state index is 0.200. The molecule has 0 aliphatic heterocycles. The van der Waals surface area contributed by atoms with Crippen molar-refractivity contribution in [2.45, 2.75) is 38.7 Å². The number of benzene rings is 1. The third-order valence-corrected chi connectivity index (χ3v) is 3.92. The SMILES string of the molecule is CCOc1cc(CCl)cc(Br)c1OCCC(C)(C)OC. The molecule has 0 aliphatic rings. The molecule has 3 nitrogen and oxygen atoms in total. The van der Waals surface area contributed by atoms with Gasteiger partial charge in [0.05, 0.1) is 23.3 Å². The van der Waals surface area contributed by atoms with Gasteiger partial charge in [0.25, 0.3) is 0 Å². The molecule has 0 fully saturated rings. The molecular weight excluding hydrogens is 344 g/mol. The molecule has 0 amide bonds. The lowest BCUT2D eigenvalue weighted by Gasteiger charge is -2.23. The van der Waals surface area contributed by atoms with Gasteiger partial charge in [-0.2, -0.15) is 0 Å². The predicted octanol–water partition coefficient (Wildman–Crippen LogP) is 4.78. The van der Waals surface area contributed by atoms with E-state index in [-0.39, 0.29) is 5.60 Å². The molecule has 114 valence electrons. The van der Waals surface area contributed by atoms with Crippen LogP contribution in [0.3, 0.4) is 0 Å². The summed E-state index contributed by atoms with van der Waals surface area (Å²) in [6.07, 6.45) is 0.790. The largest absolute Gasteiger partial charge is 0.490 e. The van der Waals surface area contributed by atoms with Gasteiger partial charge in [0.1, 0.15) is 0 Å². The predicted molar refractivity (Wildman–Crippen MR) is 86.1 cm³/mol. The Morgan fingerprint density at radius 3 is 2.50 bits per heavy atom. The Morgan fingerprint density at radius 2 is 1.95 bits per heavy atom. The van der Waals surface area contributed by atoms with Crippen molar-refractivity contribution in [3.8, 4) is 11.5 Å². The highest BCUT2D eigenvalue weighted by atomic mass is 79.9. The molecule has 1 aromatic rings. The lowest BCUT2D eigenvalue weighted by Crippen LogP contribution is -2.25. The first kappa shape index (κ1) is 17.6. The van der Waals surface area contributed by atoms with Crippen molar-refractivity contribution in [3.63, 3.8) is 0 Å². The fourth-order valence-electron chi connectivity index (χ4n) is 1.60. The number of rotatable bonds is 8. The van der Waals surface area contributed by atoms with Crippen LogP contribution in [0.1, 0.15) is 32.8 Å². The number of hydrogen-bond donors (Lipinski definition) is 0. The monoisotopic (exact) mass is 364 g/mol. The first-order chi connectivity index (χ1) is 9.43. The number of hydrogen-bond acceptors (Lipinski definition) is 3. The van der Waals surface area contributed by atoms with E-state index < -0.39 is 0 Å². The standard InChI is InChI=1S/C15H22BrClO3/c1-5-19-13-9-11(10-17)8-12(16)14(13)20-7-6-15(2,3)18-4/h8-9H,5-7,10H2,1-4H3. The summed E-state index contributed by atoms with van der Waals surface area (Å²) in [7, 11) is 1.71. The van der Waals surface area contributed by atoms with Crippen LogP contribution in [0.5, 0.6) is 11.5 Å². The van der Waals surface area contributed by atoms with E-state index in [1.54, 1.807) is 7.11 Å². The van der Waals surface area contributed by atoms with Gasteiger partial charge in [-0.3, -0.25) is 0 Å². The normalized spacial score (nSPS) is 11.5. The summed E-state index contributed by atoms with van der Waals surface area (Å²) in [6, 6.07) is 3.87. The molecule has 20 heavy (non-hydrogen) atoms. The van der Waals surface area contributed by atoms with Gasteiger partial charge in [-0.1, -0.05) is 0 Å². The minimum atomic E-state index is -0.200. The van der Waals surface area contributed by atoms with Gasteiger partial charge in [-0.05, 0) is 54.4 Å². The lowest BCUT2D eigenvalue weighted by molar-refractivity contribution is 0.00514. The molecule has 5 heteroatoms. The van der Waals surface area contributed by atoms with E-state index in [4.69, 9.17) is 25.8 Å². The molecular formula is C15H22BrClO3. The summed E-state index contributed by atoms with van der Waals surface area (Å²) >= 11 is 9.38. The fourth-order valence-corrected chi connectivity index (χ4v) is 2.36. The molecule has 1 rings (SSSR count). The minimum Gasteiger partial charge on any atom is -0.490 e. The third kappa shape index (κ3) is 5.15. The molecule has 0 radical (unpaired) electrons. The third-order valence-electron chi connectivity index (χ3n) is 3.03. The topological polar surface area (TPSA) is 27.7 Å². The highest BCUT2D eigenvalue weighted by Gasteiger charge is 2.18. The zero-order chi connectivity index (χ0) is 15.2. The summed E-state index contributed by atoms with van der Waals surface area (Å²) in [5.41, 5.74) is 0.792. The van der Waals surface area contributed by atoms with Crippen molar-refractivity contribution in [2.75, 3.05) is 20.3 Å². The molecule has 0 spiro atoms. The van der Waals surface area contributed by atoms with E-state index in [9.17, 15) is 0 Å². The van der Waals surface area contributed by atoms with Crippen LogP contribution in [-0.2, 0) is 10.6 Å². The summed E-state index contributed by atoms with van der Waals surface area (Å²) in [5.74, 6) is 1.87. The van der Waals surface area contributed by atoms with Crippen LogP contribution in [0.2, 0.25) is 0 Å². The lowest BCUT2D eigenvalue weighted by atomic mass is 10.1. The zero-order valence-electron chi connectivity index (χ0n) is 12.5. The molecule has 0 unspecified atom stereocenters. The maximum Gasteiger partial charge on any atom is 0.175 e. The van der Waals surface area contributed by atoms with E-state index in [2.05, 4.69) is 15.9 Å². The van der Waals surface area contributed by atoms with Crippen LogP contribution in [0.15, 0.2) is 16.6 Å². The Balaban J connectivity index is 2.82. The molecule has 0 saturated heterocycles. The second-order valence-corrected chi connectivity index (χ2v) is 6.16. The summed E-state index contributed by atoms with van der Waals surface area (Å²) in [6.45, 7) is 7.15. The van der Waals surface area contributed by atoms with Gasteiger partial charge >= 0.3 is 0 Å². The van der Waals surface area contributed by atoms with Crippen LogP contribution in [0.25, 0.3) is 0 Å². The average Bonchev–Trinajstić information content (AvgIpc) is 2.41. The summed E-state index contributed by atoms with van der Waals surface area (Å²) < 4.78 is 17.7.